The molecular weight excluding hydrogens is 114 g/mol. The zero-order valence-corrected chi connectivity index (χ0v) is 6.02. The fourth-order valence-corrected chi connectivity index (χ4v) is 0.990. The summed E-state index contributed by atoms with van der Waals surface area (Å²) < 4.78 is 0. The molecule has 0 aromatic carbocycles. The normalized spacial score (nSPS) is 19.8. The van der Waals surface area contributed by atoms with E-state index in [0.717, 1.165) is 25.3 Å². The molecule has 0 fully saturated rings. The molecule has 3 heteroatoms. The molecule has 0 amide bonds. The lowest BCUT2D eigenvalue weighted by Gasteiger charge is -2.25. The van der Waals surface area contributed by atoms with Crippen LogP contribution in [0.25, 0.3) is 0 Å². The molecule has 52 valence electrons. The first-order valence-electron chi connectivity index (χ1n) is 3.30. The Morgan fingerprint density at radius 2 is 2.44 bits per heavy atom. The molecule has 1 heterocycles. The largest absolute Gasteiger partial charge is 0.296 e. The van der Waals surface area contributed by atoms with Crippen molar-refractivity contribution in [1.82, 2.24) is 10.4 Å². The third kappa shape index (κ3) is 1.42. The number of hydrogen-bond acceptors (Lipinski definition) is 3. The Balaban J connectivity index is 2.50. The minimum absolute atomic E-state index is 0.990. The average molecular weight is 127 g/mol. The lowest BCUT2D eigenvalue weighted by atomic mass is 10.3. The van der Waals surface area contributed by atoms with Gasteiger partial charge in [-0.25, -0.2) is 5.43 Å². The maximum Gasteiger partial charge on any atom is 0.110 e. The number of nitrogens with zero attached hydrogens (tertiary/aromatic N) is 2. The Kier molecular flexibility index (Phi) is 2.05. The molecule has 1 rings (SSSR count). The second-order valence-corrected chi connectivity index (χ2v) is 2.16. The van der Waals surface area contributed by atoms with Crippen LogP contribution in [0, 0.1) is 0 Å². The first-order valence-corrected chi connectivity index (χ1v) is 3.30. The minimum Gasteiger partial charge on any atom is -0.296 e. The molecule has 0 spiro atoms. The van der Waals surface area contributed by atoms with E-state index in [1.165, 1.54) is 0 Å². The minimum atomic E-state index is 0.990. The van der Waals surface area contributed by atoms with Crippen LogP contribution in [0.4, 0.5) is 0 Å². The number of rotatable bonds is 1. The van der Waals surface area contributed by atoms with Gasteiger partial charge in [-0.2, -0.15) is 0 Å². The summed E-state index contributed by atoms with van der Waals surface area (Å²) in [4.78, 5) is 4.26. The zero-order chi connectivity index (χ0) is 6.69. The van der Waals surface area contributed by atoms with E-state index < -0.39 is 0 Å². The van der Waals surface area contributed by atoms with Crippen molar-refractivity contribution in [2.45, 2.75) is 13.3 Å². The Hall–Kier alpha value is -0.570. The van der Waals surface area contributed by atoms with E-state index in [1.807, 2.05) is 14.0 Å². The molecule has 0 bridgehead atoms. The zero-order valence-electron chi connectivity index (χ0n) is 6.02. The number of aliphatic imine (C=N–C) groups is 1. The Morgan fingerprint density at radius 1 is 1.67 bits per heavy atom. The van der Waals surface area contributed by atoms with Gasteiger partial charge in [0.2, 0.25) is 0 Å². The molecule has 9 heavy (non-hydrogen) atoms. The number of nitrogens with one attached hydrogen (secondary N) is 1. The molecule has 3 nitrogen and oxygen atoms in total. The Labute approximate surface area is 55.7 Å². The molecule has 1 aliphatic rings. The molecular formula is C6H13N3. The molecule has 0 unspecified atom stereocenters. The molecule has 0 aliphatic carbocycles. The molecule has 1 aliphatic heterocycles. The number of hydrogen-bond donors (Lipinski definition) is 1. The third-order valence-corrected chi connectivity index (χ3v) is 1.54. The standard InChI is InChI=1S/C6H13N3/c1-6-8-4-3-5-9(6)7-2/h7H,3-5H2,1-2H3. The highest BCUT2D eigenvalue weighted by atomic mass is 15.5. The lowest BCUT2D eigenvalue weighted by molar-refractivity contribution is 0.319. The fourth-order valence-electron chi connectivity index (χ4n) is 0.990. The van der Waals surface area contributed by atoms with E-state index in [-0.39, 0.29) is 0 Å². The van der Waals surface area contributed by atoms with Gasteiger partial charge in [0.05, 0.1) is 0 Å². The predicted octanol–water partition coefficient (Wildman–Crippen LogP) is 0.245. The van der Waals surface area contributed by atoms with Crippen molar-refractivity contribution >= 4 is 5.84 Å². The topological polar surface area (TPSA) is 27.6 Å². The van der Waals surface area contributed by atoms with Gasteiger partial charge in [0, 0.05) is 20.1 Å². The molecule has 0 radical (unpaired) electrons. The van der Waals surface area contributed by atoms with Crippen molar-refractivity contribution in [2.24, 2.45) is 4.99 Å². The molecule has 0 atom stereocenters. The van der Waals surface area contributed by atoms with Gasteiger partial charge in [-0.1, -0.05) is 0 Å². The van der Waals surface area contributed by atoms with Gasteiger partial charge < -0.3 is 0 Å². The molecule has 1 N–H and O–H groups in total. The van der Waals surface area contributed by atoms with Crippen LogP contribution in [-0.4, -0.2) is 31.0 Å². The van der Waals surface area contributed by atoms with Gasteiger partial charge in [0.1, 0.15) is 5.84 Å². The maximum atomic E-state index is 4.26. The smallest absolute Gasteiger partial charge is 0.110 e. The molecule has 0 saturated heterocycles. The van der Waals surface area contributed by atoms with E-state index in [4.69, 9.17) is 0 Å². The van der Waals surface area contributed by atoms with Crippen molar-refractivity contribution < 1.29 is 0 Å². The highest BCUT2D eigenvalue weighted by molar-refractivity contribution is 5.79. The summed E-state index contributed by atoms with van der Waals surface area (Å²) in [6.45, 7) is 4.10. The van der Waals surface area contributed by atoms with Gasteiger partial charge >= 0.3 is 0 Å². The maximum absolute atomic E-state index is 4.26. The number of hydrazine groups is 1. The first-order chi connectivity index (χ1) is 4.34. The first kappa shape index (κ1) is 6.55. The summed E-state index contributed by atoms with van der Waals surface area (Å²) in [5.41, 5.74) is 3.06. The van der Waals surface area contributed by atoms with Crippen molar-refractivity contribution in [3.8, 4) is 0 Å². The van der Waals surface area contributed by atoms with Gasteiger partial charge in [-0.3, -0.25) is 10.0 Å². The molecule has 0 saturated carbocycles. The van der Waals surface area contributed by atoms with Crippen LogP contribution < -0.4 is 5.43 Å². The second kappa shape index (κ2) is 2.82. The number of amidine groups is 1. The van der Waals surface area contributed by atoms with Crippen LogP contribution >= 0.6 is 0 Å². The quantitative estimate of drug-likeness (QED) is 0.546. The van der Waals surface area contributed by atoms with E-state index in [9.17, 15) is 0 Å². The summed E-state index contributed by atoms with van der Waals surface area (Å²) in [6, 6.07) is 0. The van der Waals surface area contributed by atoms with Crippen LogP contribution in [0.5, 0.6) is 0 Å². The summed E-state index contributed by atoms with van der Waals surface area (Å²) >= 11 is 0. The Morgan fingerprint density at radius 3 is 2.89 bits per heavy atom. The van der Waals surface area contributed by atoms with Crippen molar-refractivity contribution in [1.29, 1.82) is 0 Å². The summed E-state index contributed by atoms with van der Waals surface area (Å²) in [6.07, 6.45) is 1.16. The van der Waals surface area contributed by atoms with Gasteiger partial charge in [0.25, 0.3) is 0 Å². The van der Waals surface area contributed by atoms with Crippen LogP contribution in [-0.2, 0) is 0 Å². The molecule has 0 aromatic heterocycles. The summed E-state index contributed by atoms with van der Waals surface area (Å²) in [5.74, 6) is 1.10. The van der Waals surface area contributed by atoms with Gasteiger partial charge in [-0.15, -0.1) is 0 Å². The third-order valence-electron chi connectivity index (χ3n) is 1.54. The Bertz CT molecular complexity index is 119. The molecule has 0 aromatic rings. The SMILES string of the molecule is CNN1CCCN=C1C. The van der Waals surface area contributed by atoms with E-state index in [0.29, 0.717) is 0 Å². The van der Waals surface area contributed by atoms with E-state index in [1.54, 1.807) is 0 Å². The van der Waals surface area contributed by atoms with Crippen LogP contribution in [0.3, 0.4) is 0 Å². The summed E-state index contributed by atoms with van der Waals surface area (Å²) in [5, 5.41) is 2.06. The second-order valence-electron chi connectivity index (χ2n) is 2.16. The van der Waals surface area contributed by atoms with E-state index >= 15 is 0 Å². The fraction of sp³-hybridized carbons (Fsp3) is 0.833. The lowest BCUT2D eigenvalue weighted by Crippen LogP contribution is -2.42. The average Bonchev–Trinajstić information content (AvgIpc) is 1.89. The summed E-state index contributed by atoms with van der Waals surface area (Å²) in [7, 11) is 1.92. The van der Waals surface area contributed by atoms with Crippen molar-refractivity contribution in [3.63, 3.8) is 0 Å². The highest BCUT2D eigenvalue weighted by Crippen LogP contribution is 1.97. The van der Waals surface area contributed by atoms with Gasteiger partial charge in [0.15, 0.2) is 0 Å². The van der Waals surface area contributed by atoms with Crippen LogP contribution in [0.1, 0.15) is 13.3 Å². The predicted molar refractivity (Wildman–Crippen MR) is 38.4 cm³/mol. The van der Waals surface area contributed by atoms with E-state index in [2.05, 4.69) is 15.4 Å². The van der Waals surface area contributed by atoms with Crippen molar-refractivity contribution in [2.75, 3.05) is 20.1 Å². The van der Waals surface area contributed by atoms with Crippen LogP contribution in [0.2, 0.25) is 0 Å². The van der Waals surface area contributed by atoms with Gasteiger partial charge in [-0.05, 0) is 13.3 Å². The monoisotopic (exact) mass is 127 g/mol. The highest BCUT2D eigenvalue weighted by Gasteiger charge is 2.06. The van der Waals surface area contributed by atoms with Crippen LogP contribution in [0.15, 0.2) is 4.99 Å². The van der Waals surface area contributed by atoms with Crippen molar-refractivity contribution in [3.05, 3.63) is 0 Å².